The Kier molecular flexibility index (Phi) is 3.92. The summed E-state index contributed by atoms with van der Waals surface area (Å²) in [6.45, 7) is 2.03. The molecule has 1 aromatic rings. The summed E-state index contributed by atoms with van der Waals surface area (Å²) in [5.74, 6) is 1.37. The van der Waals surface area contributed by atoms with E-state index >= 15 is 0 Å². The van der Waals surface area contributed by atoms with Crippen molar-refractivity contribution in [3.8, 4) is 5.75 Å². The van der Waals surface area contributed by atoms with Crippen LogP contribution in [0.2, 0.25) is 0 Å². The van der Waals surface area contributed by atoms with Crippen LogP contribution in [0, 0.1) is 0 Å². The molecule has 1 aliphatic heterocycles. The predicted molar refractivity (Wildman–Crippen MR) is 71.6 cm³/mol. The molecule has 4 nitrogen and oxygen atoms in total. The first-order valence-electron chi connectivity index (χ1n) is 6.11. The third-order valence-electron chi connectivity index (χ3n) is 3.32. The molecule has 0 aromatic heterocycles. The molecule has 18 heavy (non-hydrogen) atoms. The SMILES string of the molecule is COc1ccccc1[C@@H](C)NC1CCS(=O)(=O)C1. The molecule has 0 aliphatic carbocycles. The van der Waals surface area contributed by atoms with Gasteiger partial charge in [0, 0.05) is 17.6 Å². The van der Waals surface area contributed by atoms with Crippen LogP contribution in [0.1, 0.15) is 24.9 Å². The lowest BCUT2D eigenvalue weighted by Gasteiger charge is -2.20. The molecule has 1 heterocycles. The minimum absolute atomic E-state index is 0.0508. The Labute approximate surface area is 108 Å². The number of hydrogen-bond donors (Lipinski definition) is 1. The summed E-state index contributed by atoms with van der Waals surface area (Å²) in [6, 6.07) is 7.93. The highest BCUT2D eigenvalue weighted by molar-refractivity contribution is 7.91. The zero-order valence-electron chi connectivity index (χ0n) is 10.7. The number of methoxy groups -OCH3 is 1. The second-order valence-corrected chi connectivity index (χ2v) is 6.96. The zero-order valence-corrected chi connectivity index (χ0v) is 11.5. The Morgan fingerprint density at radius 1 is 1.39 bits per heavy atom. The molecule has 2 atom stereocenters. The third-order valence-corrected chi connectivity index (χ3v) is 5.09. The molecule has 1 aromatic carbocycles. The molecule has 2 rings (SSSR count). The van der Waals surface area contributed by atoms with Crippen molar-refractivity contribution in [2.75, 3.05) is 18.6 Å². The fraction of sp³-hybridized carbons (Fsp3) is 0.538. The van der Waals surface area contributed by atoms with E-state index in [0.29, 0.717) is 12.2 Å². The summed E-state index contributed by atoms with van der Waals surface area (Å²) in [4.78, 5) is 0. The van der Waals surface area contributed by atoms with Crippen molar-refractivity contribution in [2.24, 2.45) is 0 Å². The fourth-order valence-electron chi connectivity index (χ4n) is 2.39. The van der Waals surface area contributed by atoms with Gasteiger partial charge in [-0.1, -0.05) is 18.2 Å². The Hall–Kier alpha value is -1.07. The smallest absolute Gasteiger partial charge is 0.151 e. The lowest BCUT2D eigenvalue weighted by Crippen LogP contribution is -2.32. The van der Waals surface area contributed by atoms with Gasteiger partial charge in [-0.3, -0.25) is 0 Å². The van der Waals surface area contributed by atoms with Crippen LogP contribution in [0.4, 0.5) is 0 Å². The highest BCUT2D eigenvalue weighted by Crippen LogP contribution is 2.25. The maximum absolute atomic E-state index is 11.4. The van der Waals surface area contributed by atoms with E-state index in [1.54, 1.807) is 7.11 Å². The largest absolute Gasteiger partial charge is 0.496 e. The van der Waals surface area contributed by atoms with Gasteiger partial charge in [-0.2, -0.15) is 0 Å². The number of hydrogen-bond acceptors (Lipinski definition) is 4. The number of sulfone groups is 1. The zero-order chi connectivity index (χ0) is 13.2. The monoisotopic (exact) mass is 269 g/mol. The number of benzene rings is 1. The summed E-state index contributed by atoms with van der Waals surface area (Å²) in [6.07, 6.45) is 0.696. The summed E-state index contributed by atoms with van der Waals surface area (Å²) in [7, 11) is -1.19. The number of ether oxygens (including phenoxy) is 1. The first-order chi connectivity index (χ1) is 8.52. The summed E-state index contributed by atoms with van der Waals surface area (Å²) in [5.41, 5.74) is 1.06. The van der Waals surface area contributed by atoms with Crippen molar-refractivity contribution in [2.45, 2.75) is 25.4 Å². The second kappa shape index (κ2) is 5.28. The van der Waals surface area contributed by atoms with Crippen molar-refractivity contribution < 1.29 is 13.2 Å². The molecule has 1 aliphatic rings. The summed E-state index contributed by atoms with van der Waals surface area (Å²) in [5, 5.41) is 3.37. The van der Waals surface area contributed by atoms with Crippen LogP contribution in [-0.4, -0.2) is 33.1 Å². The van der Waals surface area contributed by atoms with Crippen LogP contribution < -0.4 is 10.1 Å². The Bertz CT molecular complexity index is 513. The first kappa shape index (κ1) is 13.4. The van der Waals surface area contributed by atoms with E-state index in [-0.39, 0.29) is 17.8 Å². The van der Waals surface area contributed by atoms with Gasteiger partial charge in [0.15, 0.2) is 9.84 Å². The van der Waals surface area contributed by atoms with E-state index in [9.17, 15) is 8.42 Å². The average molecular weight is 269 g/mol. The molecule has 0 bridgehead atoms. The van der Waals surface area contributed by atoms with Gasteiger partial charge in [0.25, 0.3) is 0 Å². The minimum atomic E-state index is -2.83. The minimum Gasteiger partial charge on any atom is -0.496 e. The fourth-order valence-corrected chi connectivity index (χ4v) is 4.08. The van der Waals surface area contributed by atoms with E-state index in [4.69, 9.17) is 4.74 Å². The highest BCUT2D eigenvalue weighted by Gasteiger charge is 2.29. The number of para-hydroxylation sites is 1. The quantitative estimate of drug-likeness (QED) is 0.900. The van der Waals surface area contributed by atoms with Crippen LogP contribution in [0.15, 0.2) is 24.3 Å². The van der Waals surface area contributed by atoms with E-state index in [1.807, 2.05) is 31.2 Å². The van der Waals surface area contributed by atoms with Crippen molar-refractivity contribution in [1.29, 1.82) is 0 Å². The molecule has 0 spiro atoms. The topological polar surface area (TPSA) is 55.4 Å². The molecule has 0 saturated carbocycles. The van der Waals surface area contributed by atoms with Gasteiger partial charge in [0.05, 0.1) is 18.6 Å². The van der Waals surface area contributed by atoms with Gasteiger partial charge >= 0.3 is 0 Å². The van der Waals surface area contributed by atoms with Crippen molar-refractivity contribution in [3.63, 3.8) is 0 Å². The van der Waals surface area contributed by atoms with E-state index in [0.717, 1.165) is 11.3 Å². The predicted octanol–water partition coefficient (Wildman–Crippen LogP) is 1.53. The standard InChI is InChI=1S/C13H19NO3S/c1-10(12-5-3-4-6-13(12)17-2)14-11-7-8-18(15,16)9-11/h3-6,10-11,14H,7-9H2,1-2H3/t10-,11?/m1/s1. The van der Waals surface area contributed by atoms with Crippen LogP contribution in [0.25, 0.3) is 0 Å². The van der Waals surface area contributed by atoms with Crippen LogP contribution in [0.3, 0.4) is 0 Å². The molecule has 1 saturated heterocycles. The summed E-state index contributed by atoms with van der Waals surface area (Å²) < 4.78 is 28.1. The molecular weight excluding hydrogens is 250 g/mol. The normalized spacial score (nSPS) is 23.8. The van der Waals surface area contributed by atoms with Crippen LogP contribution >= 0.6 is 0 Å². The Balaban J connectivity index is 2.06. The maximum atomic E-state index is 11.4. The first-order valence-corrected chi connectivity index (χ1v) is 7.93. The molecule has 0 amide bonds. The molecule has 5 heteroatoms. The highest BCUT2D eigenvalue weighted by atomic mass is 32.2. The third kappa shape index (κ3) is 3.03. The van der Waals surface area contributed by atoms with Crippen molar-refractivity contribution >= 4 is 9.84 Å². The van der Waals surface area contributed by atoms with Gasteiger partial charge in [-0.15, -0.1) is 0 Å². The molecule has 100 valence electrons. The van der Waals surface area contributed by atoms with Crippen LogP contribution in [-0.2, 0) is 9.84 Å². The molecule has 1 unspecified atom stereocenters. The molecular formula is C13H19NO3S. The Morgan fingerprint density at radius 2 is 2.11 bits per heavy atom. The Morgan fingerprint density at radius 3 is 2.72 bits per heavy atom. The maximum Gasteiger partial charge on any atom is 0.151 e. The molecule has 0 radical (unpaired) electrons. The average Bonchev–Trinajstić information content (AvgIpc) is 2.68. The summed E-state index contributed by atoms with van der Waals surface area (Å²) >= 11 is 0. The van der Waals surface area contributed by atoms with E-state index in [2.05, 4.69) is 5.32 Å². The lowest BCUT2D eigenvalue weighted by molar-refractivity contribution is 0.396. The van der Waals surface area contributed by atoms with Gasteiger partial charge < -0.3 is 10.1 Å². The van der Waals surface area contributed by atoms with Crippen molar-refractivity contribution in [1.82, 2.24) is 5.32 Å². The number of nitrogens with one attached hydrogen (secondary N) is 1. The molecule has 1 fully saturated rings. The lowest BCUT2D eigenvalue weighted by atomic mass is 10.1. The van der Waals surface area contributed by atoms with Gasteiger partial charge in [0.2, 0.25) is 0 Å². The van der Waals surface area contributed by atoms with Crippen molar-refractivity contribution in [3.05, 3.63) is 29.8 Å². The molecule has 1 N–H and O–H groups in total. The van der Waals surface area contributed by atoms with E-state index < -0.39 is 9.84 Å². The number of rotatable bonds is 4. The van der Waals surface area contributed by atoms with Gasteiger partial charge in [-0.25, -0.2) is 8.42 Å². The van der Waals surface area contributed by atoms with Gasteiger partial charge in [-0.05, 0) is 19.4 Å². The van der Waals surface area contributed by atoms with E-state index in [1.165, 1.54) is 0 Å². The van der Waals surface area contributed by atoms with Crippen LogP contribution in [0.5, 0.6) is 5.75 Å². The van der Waals surface area contributed by atoms with Gasteiger partial charge in [0.1, 0.15) is 5.75 Å². The second-order valence-electron chi connectivity index (χ2n) is 4.73.